The van der Waals surface area contributed by atoms with Crippen LogP contribution in [0.3, 0.4) is 0 Å². The number of halogens is 1. The number of hydrogen-bond acceptors (Lipinski definition) is 4. The van der Waals surface area contributed by atoms with E-state index in [1.54, 1.807) is 13.8 Å². The predicted molar refractivity (Wildman–Crippen MR) is 69.4 cm³/mol. The van der Waals surface area contributed by atoms with Gasteiger partial charge in [-0.2, -0.15) is 5.10 Å². The highest BCUT2D eigenvalue weighted by atomic mass is 19.1. The third-order valence-electron chi connectivity index (χ3n) is 3.48. The molecule has 1 atom stereocenters. The summed E-state index contributed by atoms with van der Waals surface area (Å²) in [7, 11) is 0. The Morgan fingerprint density at radius 3 is 3.05 bits per heavy atom. The van der Waals surface area contributed by atoms with Gasteiger partial charge in [0.15, 0.2) is 11.6 Å². The number of aryl methyl sites for hydroxylation is 3. The average molecular weight is 261 g/mol. The van der Waals surface area contributed by atoms with E-state index in [0.29, 0.717) is 11.5 Å². The van der Waals surface area contributed by atoms with Gasteiger partial charge in [0.2, 0.25) is 0 Å². The van der Waals surface area contributed by atoms with Gasteiger partial charge in [0.1, 0.15) is 5.82 Å². The van der Waals surface area contributed by atoms with E-state index < -0.39 is 0 Å². The molecule has 5 nitrogen and oxygen atoms in total. The van der Waals surface area contributed by atoms with E-state index in [0.717, 1.165) is 25.0 Å². The van der Waals surface area contributed by atoms with Crippen molar-refractivity contribution in [2.75, 3.05) is 5.32 Å². The molecule has 1 aliphatic rings. The van der Waals surface area contributed by atoms with Crippen LogP contribution in [0.25, 0.3) is 0 Å². The molecular formula is C13H16FN5. The minimum absolute atomic E-state index is 0.0365. The second kappa shape index (κ2) is 4.60. The van der Waals surface area contributed by atoms with Crippen molar-refractivity contribution in [2.24, 2.45) is 0 Å². The first-order valence-electron chi connectivity index (χ1n) is 6.44. The summed E-state index contributed by atoms with van der Waals surface area (Å²) in [5.74, 6) is 0.469. The summed E-state index contributed by atoms with van der Waals surface area (Å²) >= 11 is 0. The van der Waals surface area contributed by atoms with E-state index in [1.807, 2.05) is 6.20 Å². The van der Waals surface area contributed by atoms with Crippen molar-refractivity contribution >= 4 is 5.82 Å². The Morgan fingerprint density at radius 1 is 1.37 bits per heavy atom. The second-order valence-electron chi connectivity index (χ2n) is 4.92. The zero-order valence-electron chi connectivity index (χ0n) is 11.0. The number of anilines is 1. The Hall–Kier alpha value is -1.98. The van der Waals surface area contributed by atoms with Crippen molar-refractivity contribution in [3.8, 4) is 0 Å². The third kappa shape index (κ3) is 2.18. The Morgan fingerprint density at radius 2 is 2.21 bits per heavy atom. The zero-order chi connectivity index (χ0) is 13.4. The summed E-state index contributed by atoms with van der Waals surface area (Å²) in [6.07, 6.45) is 4.87. The Balaban J connectivity index is 1.91. The fourth-order valence-electron chi connectivity index (χ4n) is 2.57. The summed E-state index contributed by atoms with van der Waals surface area (Å²) < 4.78 is 14.0. The topological polar surface area (TPSA) is 66.5 Å². The minimum Gasteiger partial charge on any atom is -0.359 e. The molecule has 0 saturated heterocycles. The molecule has 2 N–H and O–H groups in total. The highest BCUT2D eigenvalue weighted by Gasteiger charge is 2.23. The van der Waals surface area contributed by atoms with Crippen molar-refractivity contribution in [1.82, 2.24) is 20.2 Å². The smallest absolute Gasteiger partial charge is 0.186 e. The average Bonchev–Trinajstić information content (AvgIpc) is 2.84. The summed E-state index contributed by atoms with van der Waals surface area (Å²) in [4.78, 5) is 8.17. The van der Waals surface area contributed by atoms with Crippen LogP contribution < -0.4 is 5.32 Å². The van der Waals surface area contributed by atoms with Gasteiger partial charge < -0.3 is 5.32 Å². The van der Waals surface area contributed by atoms with Gasteiger partial charge >= 0.3 is 0 Å². The molecule has 19 heavy (non-hydrogen) atoms. The molecule has 1 unspecified atom stereocenters. The quantitative estimate of drug-likeness (QED) is 0.871. The number of fused-ring (bicyclic) bond motifs is 1. The van der Waals surface area contributed by atoms with Crippen LogP contribution in [0.4, 0.5) is 10.2 Å². The third-order valence-corrected chi connectivity index (χ3v) is 3.48. The van der Waals surface area contributed by atoms with Crippen LogP contribution in [0.2, 0.25) is 0 Å². The van der Waals surface area contributed by atoms with Crippen LogP contribution in [0.15, 0.2) is 6.20 Å². The molecule has 0 bridgehead atoms. The fourth-order valence-corrected chi connectivity index (χ4v) is 2.57. The maximum atomic E-state index is 14.0. The molecule has 6 heteroatoms. The summed E-state index contributed by atoms with van der Waals surface area (Å²) in [6, 6.07) is 0.0365. The molecule has 2 aromatic rings. The van der Waals surface area contributed by atoms with Gasteiger partial charge in [-0.3, -0.25) is 5.10 Å². The molecule has 0 saturated carbocycles. The lowest BCUT2D eigenvalue weighted by Gasteiger charge is -2.23. The number of nitrogens with zero attached hydrogens (tertiary/aromatic N) is 3. The number of nitrogens with one attached hydrogen (secondary N) is 2. The van der Waals surface area contributed by atoms with Crippen molar-refractivity contribution < 1.29 is 4.39 Å². The van der Waals surface area contributed by atoms with E-state index in [9.17, 15) is 4.39 Å². The Bertz CT molecular complexity index is 607. The van der Waals surface area contributed by atoms with Crippen LogP contribution in [-0.2, 0) is 6.42 Å². The summed E-state index contributed by atoms with van der Waals surface area (Å²) in [5, 5.41) is 10.2. The maximum absolute atomic E-state index is 14.0. The number of rotatable bonds is 2. The Kier molecular flexibility index (Phi) is 2.93. The van der Waals surface area contributed by atoms with Crippen molar-refractivity contribution in [2.45, 2.75) is 39.2 Å². The predicted octanol–water partition coefficient (Wildman–Crippen LogP) is 2.45. The van der Waals surface area contributed by atoms with Gasteiger partial charge in [-0.25, -0.2) is 14.4 Å². The van der Waals surface area contributed by atoms with Gasteiger partial charge in [0.05, 0.1) is 23.6 Å². The van der Waals surface area contributed by atoms with E-state index in [-0.39, 0.29) is 17.7 Å². The first kappa shape index (κ1) is 12.1. The molecule has 0 fully saturated rings. The lowest BCUT2D eigenvalue weighted by molar-refractivity contribution is 0.565. The van der Waals surface area contributed by atoms with Gasteiger partial charge in [0.25, 0.3) is 0 Å². The molecule has 2 aromatic heterocycles. The number of H-pyrrole nitrogens is 1. The first-order chi connectivity index (χ1) is 9.15. The lowest BCUT2D eigenvalue weighted by atomic mass is 9.94. The van der Waals surface area contributed by atoms with E-state index in [2.05, 4.69) is 25.5 Å². The lowest BCUT2D eigenvalue weighted by Crippen LogP contribution is -2.19. The summed E-state index contributed by atoms with van der Waals surface area (Å²) in [5.41, 5.74) is 2.61. The van der Waals surface area contributed by atoms with Crippen molar-refractivity contribution in [1.29, 1.82) is 0 Å². The van der Waals surface area contributed by atoms with Gasteiger partial charge in [-0.1, -0.05) is 0 Å². The van der Waals surface area contributed by atoms with Crippen molar-refractivity contribution in [3.05, 3.63) is 34.8 Å². The molecule has 0 amide bonds. The highest BCUT2D eigenvalue weighted by molar-refractivity contribution is 5.42. The number of hydrogen-bond donors (Lipinski definition) is 2. The largest absolute Gasteiger partial charge is 0.359 e. The standard InChI is InChI=1S/C13H16FN5/c1-7-11(14)13(17-8(2)16-7)18-10-5-3-4-9-6-15-19-12(9)10/h6,10H,3-5H2,1-2H3,(H,15,19)(H,16,17,18). The molecule has 0 radical (unpaired) electrons. The molecule has 1 aliphatic carbocycles. The molecule has 0 aromatic carbocycles. The van der Waals surface area contributed by atoms with Crippen LogP contribution in [0, 0.1) is 19.7 Å². The van der Waals surface area contributed by atoms with Gasteiger partial charge in [-0.05, 0) is 38.7 Å². The fraction of sp³-hybridized carbons (Fsp3) is 0.462. The number of aromatic nitrogens is 4. The molecular weight excluding hydrogens is 245 g/mol. The van der Waals surface area contributed by atoms with Crippen LogP contribution in [-0.4, -0.2) is 20.2 Å². The van der Waals surface area contributed by atoms with Gasteiger partial charge in [0, 0.05) is 0 Å². The second-order valence-corrected chi connectivity index (χ2v) is 4.92. The SMILES string of the molecule is Cc1nc(C)c(F)c(NC2CCCc3cn[nH]c32)n1. The van der Waals surface area contributed by atoms with Crippen LogP contribution in [0.1, 0.15) is 41.7 Å². The van der Waals surface area contributed by atoms with Crippen molar-refractivity contribution in [3.63, 3.8) is 0 Å². The normalized spacial score (nSPS) is 18.2. The first-order valence-corrected chi connectivity index (χ1v) is 6.44. The zero-order valence-corrected chi connectivity index (χ0v) is 11.0. The molecule has 0 aliphatic heterocycles. The molecule has 3 rings (SSSR count). The Labute approximate surface area is 110 Å². The maximum Gasteiger partial charge on any atom is 0.186 e. The van der Waals surface area contributed by atoms with Gasteiger partial charge in [-0.15, -0.1) is 0 Å². The number of aromatic amines is 1. The van der Waals surface area contributed by atoms with Crippen LogP contribution >= 0.6 is 0 Å². The van der Waals surface area contributed by atoms with E-state index >= 15 is 0 Å². The molecule has 0 spiro atoms. The monoisotopic (exact) mass is 261 g/mol. The van der Waals surface area contributed by atoms with Crippen LogP contribution in [0.5, 0.6) is 0 Å². The summed E-state index contributed by atoms with van der Waals surface area (Å²) in [6.45, 7) is 3.41. The minimum atomic E-state index is -0.378. The molecule has 2 heterocycles. The van der Waals surface area contributed by atoms with E-state index in [1.165, 1.54) is 5.56 Å². The van der Waals surface area contributed by atoms with E-state index in [4.69, 9.17) is 0 Å². The molecule has 100 valence electrons. The highest BCUT2D eigenvalue weighted by Crippen LogP contribution is 2.31.